The molecule has 6 nitrogen and oxygen atoms in total. The highest BCUT2D eigenvalue weighted by molar-refractivity contribution is 5.91. The number of amides is 1. The van der Waals surface area contributed by atoms with Crippen LogP contribution in [0.15, 0.2) is 45.7 Å². The molecule has 1 N–H and O–H groups in total. The van der Waals surface area contributed by atoms with Crippen molar-refractivity contribution in [3.63, 3.8) is 0 Å². The zero-order valence-corrected chi connectivity index (χ0v) is 11.8. The monoisotopic (exact) mass is 287 g/mol. The Labute approximate surface area is 121 Å². The highest BCUT2D eigenvalue weighted by Gasteiger charge is 2.30. The predicted molar refractivity (Wildman–Crippen MR) is 77.0 cm³/mol. The lowest BCUT2D eigenvalue weighted by Gasteiger charge is -2.39. The highest BCUT2D eigenvalue weighted by Crippen LogP contribution is 2.24. The summed E-state index contributed by atoms with van der Waals surface area (Å²) in [6, 6.07) is 11.4. The zero-order chi connectivity index (χ0) is 14.8. The quantitative estimate of drug-likeness (QED) is 0.898. The fourth-order valence-corrected chi connectivity index (χ4v) is 2.64. The van der Waals surface area contributed by atoms with Gasteiger partial charge in [-0.15, -0.1) is 0 Å². The first-order valence-corrected chi connectivity index (χ1v) is 6.88. The zero-order valence-electron chi connectivity index (χ0n) is 11.8. The Kier molecular flexibility index (Phi) is 3.62. The standard InChI is InChI=1S/C15H17N3O3/c1-17-7-8-18(15(20)13-9-14(19)16-21-13)10-12(17)11-5-3-2-4-6-11/h2-6,9,12H,7-8,10H2,1H3,(H,16,19). The van der Waals surface area contributed by atoms with Gasteiger partial charge in [0.1, 0.15) is 0 Å². The second kappa shape index (κ2) is 5.57. The Bertz CT molecular complexity index is 677. The number of hydrogen-bond acceptors (Lipinski definition) is 4. The van der Waals surface area contributed by atoms with Crippen molar-refractivity contribution in [1.29, 1.82) is 0 Å². The topological polar surface area (TPSA) is 69.6 Å². The van der Waals surface area contributed by atoms with E-state index in [-0.39, 0.29) is 17.7 Å². The van der Waals surface area contributed by atoms with Crippen molar-refractivity contribution in [3.05, 3.63) is 58.1 Å². The van der Waals surface area contributed by atoms with E-state index in [1.54, 1.807) is 4.90 Å². The smallest absolute Gasteiger partial charge is 0.292 e. The number of piperazine rings is 1. The molecule has 1 atom stereocenters. The van der Waals surface area contributed by atoms with E-state index >= 15 is 0 Å². The first-order valence-electron chi connectivity index (χ1n) is 6.88. The van der Waals surface area contributed by atoms with Crippen molar-refractivity contribution in [2.45, 2.75) is 6.04 Å². The largest absolute Gasteiger partial charge is 0.373 e. The number of carbonyl (C=O) groups is 1. The van der Waals surface area contributed by atoms with E-state index in [9.17, 15) is 9.59 Å². The normalized spacial score (nSPS) is 19.7. The lowest BCUT2D eigenvalue weighted by molar-refractivity contribution is 0.0508. The number of likely N-dealkylation sites (N-methyl/N-ethyl adjacent to an activating group) is 1. The minimum atomic E-state index is -0.396. The fraction of sp³-hybridized carbons (Fsp3) is 0.333. The van der Waals surface area contributed by atoms with Crippen LogP contribution in [0.3, 0.4) is 0 Å². The van der Waals surface area contributed by atoms with Gasteiger partial charge in [0, 0.05) is 19.6 Å². The summed E-state index contributed by atoms with van der Waals surface area (Å²) < 4.78 is 4.90. The van der Waals surface area contributed by atoms with Crippen LogP contribution in [0.4, 0.5) is 0 Å². The summed E-state index contributed by atoms with van der Waals surface area (Å²) >= 11 is 0. The number of carbonyl (C=O) groups excluding carboxylic acids is 1. The molecular weight excluding hydrogens is 270 g/mol. The minimum absolute atomic E-state index is 0.0661. The van der Waals surface area contributed by atoms with E-state index in [1.807, 2.05) is 18.2 Å². The van der Waals surface area contributed by atoms with Gasteiger partial charge in [-0.25, -0.2) is 0 Å². The summed E-state index contributed by atoms with van der Waals surface area (Å²) in [5.41, 5.74) is 0.778. The molecule has 2 heterocycles. The number of benzene rings is 1. The third-order valence-corrected chi connectivity index (χ3v) is 3.85. The van der Waals surface area contributed by atoms with E-state index in [1.165, 1.54) is 11.6 Å². The molecular formula is C15H17N3O3. The van der Waals surface area contributed by atoms with Crippen LogP contribution in [0, 0.1) is 0 Å². The molecule has 110 valence electrons. The lowest BCUT2D eigenvalue weighted by atomic mass is 10.0. The van der Waals surface area contributed by atoms with Crippen molar-refractivity contribution >= 4 is 5.91 Å². The van der Waals surface area contributed by atoms with Gasteiger partial charge in [-0.05, 0) is 12.6 Å². The second-order valence-corrected chi connectivity index (χ2v) is 5.24. The molecule has 1 saturated heterocycles. The number of rotatable bonds is 2. The number of H-pyrrole nitrogens is 1. The van der Waals surface area contributed by atoms with E-state index in [4.69, 9.17) is 4.52 Å². The van der Waals surface area contributed by atoms with Gasteiger partial charge in [0.2, 0.25) is 5.76 Å². The molecule has 1 aromatic carbocycles. The van der Waals surface area contributed by atoms with Crippen LogP contribution in [0.2, 0.25) is 0 Å². The molecule has 1 aromatic heterocycles. The van der Waals surface area contributed by atoms with Gasteiger partial charge < -0.3 is 9.42 Å². The van der Waals surface area contributed by atoms with Gasteiger partial charge in [-0.3, -0.25) is 14.5 Å². The molecule has 0 radical (unpaired) electrons. The molecule has 21 heavy (non-hydrogen) atoms. The van der Waals surface area contributed by atoms with Crippen LogP contribution in [0.25, 0.3) is 0 Å². The highest BCUT2D eigenvalue weighted by atomic mass is 16.5. The third-order valence-electron chi connectivity index (χ3n) is 3.85. The Balaban J connectivity index is 1.80. The molecule has 0 bridgehead atoms. The number of nitrogens with one attached hydrogen (secondary N) is 1. The fourth-order valence-electron chi connectivity index (χ4n) is 2.64. The SMILES string of the molecule is CN1CCN(C(=O)c2cc(=O)[nH]o2)CC1c1ccccc1. The van der Waals surface area contributed by atoms with Crippen molar-refractivity contribution in [3.8, 4) is 0 Å². The molecule has 2 aromatic rings. The van der Waals surface area contributed by atoms with Gasteiger partial charge in [-0.2, -0.15) is 5.16 Å². The summed E-state index contributed by atoms with van der Waals surface area (Å²) in [6.07, 6.45) is 0. The summed E-state index contributed by atoms with van der Waals surface area (Å²) in [7, 11) is 2.05. The molecule has 1 unspecified atom stereocenters. The van der Waals surface area contributed by atoms with Crippen LogP contribution < -0.4 is 5.56 Å². The summed E-state index contributed by atoms with van der Waals surface area (Å²) in [4.78, 5) is 27.4. The van der Waals surface area contributed by atoms with Crippen LogP contribution in [0.1, 0.15) is 22.2 Å². The molecule has 0 saturated carbocycles. The predicted octanol–water partition coefficient (Wildman–Crippen LogP) is 1.10. The number of nitrogens with zero attached hydrogens (tertiary/aromatic N) is 2. The summed E-state index contributed by atoms with van der Waals surface area (Å²) in [6.45, 7) is 1.97. The molecule has 6 heteroatoms. The Morgan fingerprint density at radius 3 is 2.71 bits per heavy atom. The number of hydrogen-bond donors (Lipinski definition) is 1. The average molecular weight is 287 g/mol. The van der Waals surface area contributed by atoms with Gasteiger partial charge in [0.25, 0.3) is 11.5 Å². The molecule has 1 fully saturated rings. The van der Waals surface area contributed by atoms with E-state index in [0.717, 1.165) is 6.54 Å². The van der Waals surface area contributed by atoms with Gasteiger partial charge in [-0.1, -0.05) is 30.3 Å². The van der Waals surface area contributed by atoms with E-state index < -0.39 is 5.56 Å². The van der Waals surface area contributed by atoms with Crippen molar-refractivity contribution < 1.29 is 9.32 Å². The molecule has 3 rings (SSSR count). The maximum atomic E-state index is 12.4. The summed E-state index contributed by atoms with van der Waals surface area (Å²) in [5.74, 6) is -0.182. The Hall–Kier alpha value is -2.34. The number of aromatic nitrogens is 1. The Morgan fingerprint density at radius 1 is 1.29 bits per heavy atom. The van der Waals surface area contributed by atoms with E-state index in [0.29, 0.717) is 13.1 Å². The van der Waals surface area contributed by atoms with Gasteiger partial charge >= 0.3 is 0 Å². The minimum Gasteiger partial charge on any atom is -0.373 e. The average Bonchev–Trinajstić information content (AvgIpc) is 2.94. The van der Waals surface area contributed by atoms with Crippen molar-refractivity contribution in [2.24, 2.45) is 0 Å². The van der Waals surface area contributed by atoms with Crippen LogP contribution in [0.5, 0.6) is 0 Å². The maximum absolute atomic E-state index is 12.4. The maximum Gasteiger partial charge on any atom is 0.292 e. The van der Waals surface area contributed by atoms with Crippen LogP contribution in [-0.2, 0) is 0 Å². The number of aromatic amines is 1. The van der Waals surface area contributed by atoms with Crippen LogP contribution in [-0.4, -0.2) is 47.5 Å². The second-order valence-electron chi connectivity index (χ2n) is 5.24. The molecule has 1 aliphatic rings. The first kappa shape index (κ1) is 13.6. The van der Waals surface area contributed by atoms with Gasteiger partial charge in [0.15, 0.2) is 0 Å². The lowest BCUT2D eigenvalue weighted by Crippen LogP contribution is -2.48. The summed E-state index contributed by atoms with van der Waals surface area (Å²) in [5, 5.41) is 2.15. The Morgan fingerprint density at radius 2 is 2.05 bits per heavy atom. The third kappa shape index (κ3) is 2.75. The molecule has 1 aliphatic heterocycles. The van der Waals surface area contributed by atoms with Crippen molar-refractivity contribution in [2.75, 3.05) is 26.7 Å². The van der Waals surface area contributed by atoms with E-state index in [2.05, 4.69) is 29.2 Å². The molecule has 0 spiro atoms. The van der Waals surface area contributed by atoms with Crippen LogP contribution >= 0.6 is 0 Å². The first-order chi connectivity index (χ1) is 10.1. The van der Waals surface area contributed by atoms with Crippen molar-refractivity contribution in [1.82, 2.24) is 15.0 Å². The van der Waals surface area contributed by atoms with Gasteiger partial charge in [0.05, 0.1) is 12.1 Å². The molecule has 0 aliphatic carbocycles. The molecule has 1 amide bonds.